The molecule has 3 aromatic rings. The first kappa shape index (κ1) is 35.3. The molecular weight excluding hydrogens is 566 g/mol. The van der Waals surface area contributed by atoms with Gasteiger partial charge in [0.15, 0.2) is 0 Å². The van der Waals surface area contributed by atoms with Gasteiger partial charge in [0.2, 0.25) is 11.8 Å². The maximum Gasteiger partial charge on any atom is 0.407 e. The summed E-state index contributed by atoms with van der Waals surface area (Å²) < 4.78 is 5.49. The Balaban J connectivity index is 1.82. The highest BCUT2D eigenvalue weighted by Crippen LogP contribution is 2.21. The first-order valence-electron chi connectivity index (χ1n) is 15.8. The third kappa shape index (κ3) is 12.4. The molecule has 8 heteroatoms. The van der Waals surface area contributed by atoms with E-state index < -0.39 is 35.8 Å². The van der Waals surface area contributed by atoms with E-state index in [0.717, 1.165) is 16.7 Å². The molecule has 0 aliphatic heterocycles. The molecule has 0 aliphatic carbocycles. The van der Waals surface area contributed by atoms with Crippen molar-refractivity contribution in [2.45, 2.75) is 90.6 Å². The number of hydrogen-bond acceptors (Lipinski definition) is 5. The van der Waals surface area contributed by atoms with Crippen molar-refractivity contribution in [2.24, 2.45) is 11.8 Å². The lowest BCUT2D eigenvalue weighted by molar-refractivity contribution is -0.133. The molecule has 0 saturated heterocycles. The Morgan fingerprint density at radius 3 is 1.78 bits per heavy atom. The Bertz CT molecular complexity index is 1330. The second-order valence-corrected chi connectivity index (χ2v) is 12.7. The topological polar surface area (TPSA) is 117 Å². The number of amides is 3. The molecule has 5 atom stereocenters. The van der Waals surface area contributed by atoms with Crippen LogP contribution in [0.4, 0.5) is 4.79 Å². The number of ether oxygens (including phenoxy) is 1. The van der Waals surface area contributed by atoms with Crippen LogP contribution in [0.15, 0.2) is 91.0 Å². The number of benzene rings is 3. The summed E-state index contributed by atoms with van der Waals surface area (Å²) in [5.41, 5.74) is 2.10. The van der Waals surface area contributed by atoms with Gasteiger partial charge in [0.1, 0.15) is 11.6 Å². The number of aliphatic hydroxyl groups is 1. The molecular formula is C37H49N3O5. The SMILES string of the molecule is CC[C@H](C)[C@H](NC(=O)[C@@H](Cc1ccccc1)C[C@H](O)[C@H](Cc1ccccc1)NC(=O)OC(C)(C)C)C(=O)NCc1ccccc1. The van der Waals surface area contributed by atoms with E-state index in [1.807, 2.05) is 105 Å². The summed E-state index contributed by atoms with van der Waals surface area (Å²) in [6, 6.07) is 27.3. The third-order valence-corrected chi connectivity index (χ3v) is 7.79. The first-order valence-corrected chi connectivity index (χ1v) is 15.8. The maximum absolute atomic E-state index is 14.0. The Labute approximate surface area is 268 Å². The normalized spacial score (nSPS) is 14.7. The number of carbonyl (C=O) groups excluding carboxylic acids is 3. The van der Waals surface area contributed by atoms with Crippen molar-refractivity contribution in [3.05, 3.63) is 108 Å². The Kier molecular flexibility index (Phi) is 13.6. The summed E-state index contributed by atoms with van der Waals surface area (Å²) in [5.74, 6) is -1.37. The molecule has 0 radical (unpaired) electrons. The van der Waals surface area contributed by atoms with Crippen LogP contribution in [-0.2, 0) is 33.7 Å². The molecule has 242 valence electrons. The summed E-state index contributed by atoms with van der Waals surface area (Å²) in [6.07, 6.45) is -0.267. The quantitative estimate of drug-likeness (QED) is 0.178. The van der Waals surface area contributed by atoms with Crippen molar-refractivity contribution >= 4 is 17.9 Å². The summed E-state index contributed by atoms with van der Waals surface area (Å²) in [7, 11) is 0. The molecule has 3 aromatic carbocycles. The number of hydrogen-bond donors (Lipinski definition) is 4. The second kappa shape index (κ2) is 17.4. The highest BCUT2D eigenvalue weighted by atomic mass is 16.6. The molecule has 0 fully saturated rings. The fourth-order valence-corrected chi connectivity index (χ4v) is 5.12. The van der Waals surface area contributed by atoms with Gasteiger partial charge in [-0.05, 0) is 62.6 Å². The zero-order valence-electron chi connectivity index (χ0n) is 27.2. The lowest BCUT2D eigenvalue weighted by Crippen LogP contribution is -2.53. The van der Waals surface area contributed by atoms with E-state index in [-0.39, 0.29) is 24.2 Å². The van der Waals surface area contributed by atoms with Gasteiger partial charge in [0, 0.05) is 12.5 Å². The standard InChI is InChI=1S/C37H49N3O5/c1-6-26(2)33(35(43)38-25-29-20-14-9-15-21-29)40-34(42)30(22-27-16-10-7-11-17-27)24-32(41)31(23-28-18-12-8-13-19-28)39-36(44)45-37(3,4)5/h7-21,26,30-33,41H,6,22-25H2,1-5H3,(H,38,43)(H,39,44)(H,40,42)/t26-,30-,31-,32-,33-/m0/s1. The van der Waals surface area contributed by atoms with Gasteiger partial charge in [0.05, 0.1) is 12.1 Å². The second-order valence-electron chi connectivity index (χ2n) is 12.7. The zero-order valence-corrected chi connectivity index (χ0v) is 27.2. The Morgan fingerprint density at radius 1 is 0.756 bits per heavy atom. The number of carbonyl (C=O) groups is 3. The molecule has 0 spiro atoms. The fourth-order valence-electron chi connectivity index (χ4n) is 5.12. The van der Waals surface area contributed by atoms with E-state index >= 15 is 0 Å². The van der Waals surface area contributed by atoms with Crippen LogP contribution >= 0.6 is 0 Å². The van der Waals surface area contributed by atoms with Gasteiger partial charge in [-0.3, -0.25) is 9.59 Å². The fraction of sp³-hybridized carbons (Fsp3) is 0.432. The largest absolute Gasteiger partial charge is 0.444 e. The van der Waals surface area contributed by atoms with Gasteiger partial charge < -0.3 is 25.8 Å². The molecule has 8 nitrogen and oxygen atoms in total. The van der Waals surface area contributed by atoms with Crippen LogP contribution in [-0.4, -0.2) is 46.8 Å². The lowest BCUT2D eigenvalue weighted by atomic mass is 9.88. The van der Waals surface area contributed by atoms with E-state index in [1.165, 1.54) is 0 Å². The average molecular weight is 616 g/mol. The molecule has 0 bridgehead atoms. The van der Waals surface area contributed by atoms with E-state index in [4.69, 9.17) is 4.74 Å². The van der Waals surface area contributed by atoms with Gasteiger partial charge in [-0.15, -0.1) is 0 Å². The average Bonchev–Trinajstić information content (AvgIpc) is 3.02. The van der Waals surface area contributed by atoms with Crippen molar-refractivity contribution in [3.8, 4) is 0 Å². The van der Waals surface area contributed by atoms with Crippen molar-refractivity contribution in [1.82, 2.24) is 16.0 Å². The summed E-state index contributed by atoms with van der Waals surface area (Å²) in [6.45, 7) is 9.61. The molecule has 45 heavy (non-hydrogen) atoms. The van der Waals surface area contributed by atoms with E-state index in [0.29, 0.717) is 25.8 Å². The lowest BCUT2D eigenvalue weighted by Gasteiger charge is -2.30. The van der Waals surface area contributed by atoms with Crippen LogP contribution in [0.3, 0.4) is 0 Å². The molecule has 0 aliphatic rings. The van der Waals surface area contributed by atoms with Gasteiger partial charge in [-0.1, -0.05) is 111 Å². The van der Waals surface area contributed by atoms with Crippen LogP contribution in [0, 0.1) is 11.8 Å². The van der Waals surface area contributed by atoms with Crippen LogP contribution in [0.5, 0.6) is 0 Å². The number of aliphatic hydroxyl groups excluding tert-OH is 1. The minimum Gasteiger partial charge on any atom is -0.444 e. The number of nitrogens with one attached hydrogen (secondary N) is 3. The smallest absolute Gasteiger partial charge is 0.407 e. The van der Waals surface area contributed by atoms with Crippen molar-refractivity contribution in [3.63, 3.8) is 0 Å². The van der Waals surface area contributed by atoms with Crippen LogP contribution < -0.4 is 16.0 Å². The molecule has 0 saturated carbocycles. The molecule has 0 aromatic heterocycles. The highest BCUT2D eigenvalue weighted by Gasteiger charge is 2.33. The van der Waals surface area contributed by atoms with Gasteiger partial charge in [0.25, 0.3) is 0 Å². The van der Waals surface area contributed by atoms with Gasteiger partial charge >= 0.3 is 6.09 Å². The maximum atomic E-state index is 14.0. The molecule has 0 heterocycles. The summed E-state index contributed by atoms with van der Waals surface area (Å²) >= 11 is 0. The minimum absolute atomic E-state index is 0.0624. The number of alkyl carbamates (subject to hydrolysis) is 1. The van der Waals surface area contributed by atoms with Gasteiger partial charge in [-0.25, -0.2) is 4.79 Å². The van der Waals surface area contributed by atoms with Crippen LogP contribution in [0.25, 0.3) is 0 Å². The van der Waals surface area contributed by atoms with Crippen LogP contribution in [0.1, 0.15) is 64.2 Å². The zero-order chi connectivity index (χ0) is 32.8. The number of rotatable bonds is 15. The Hall–Kier alpha value is -4.17. The summed E-state index contributed by atoms with van der Waals surface area (Å²) in [4.78, 5) is 40.1. The van der Waals surface area contributed by atoms with Crippen molar-refractivity contribution in [2.75, 3.05) is 0 Å². The predicted molar refractivity (Wildman–Crippen MR) is 177 cm³/mol. The predicted octanol–water partition coefficient (Wildman–Crippen LogP) is 5.58. The van der Waals surface area contributed by atoms with Crippen molar-refractivity contribution < 1.29 is 24.2 Å². The monoisotopic (exact) mass is 615 g/mol. The molecule has 0 unspecified atom stereocenters. The third-order valence-electron chi connectivity index (χ3n) is 7.79. The van der Waals surface area contributed by atoms with Crippen molar-refractivity contribution in [1.29, 1.82) is 0 Å². The van der Waals surface area contributed by atoms with E-state index in [2.05, 4.69) is 16.0 Å². The Morgan fingerprint density at radius 2 is 1.27 bits per heavy atom. The molecule has 4 N–H and O–H groups in total. The highest BCUT2D eigenvalue weighted by molar-refractivity contribution is 5.88. The summed E-state index contributed by atoms with van der Waals surface area (Å²) in [5, 5.41) is 20.4. The first-order chi connectivity index (χ1) is 21.4. The van der Waals surface area contributed by atoms with E-state index in [9.17, 15) is 19.5 Å². The van der Waals surface area contributed by atoms with E-state index in [1.54, 1.807) is 20.8 Å². The minimum atomic E-state index is -1.08. The molecule has 3 rings (SSSR count). The van der Waals surface area contributed by atoms with Crippen LogP contribution in [0.2, 0.25) is 0 Å². The molecule has 3 amide bonds. The van der Waals surface area contributed by atoms with Gasteiger partial charge in [-0.2, -0.15) is 0 Å².